The van der Waals surface area contributed by atoms with Gasteiger partial charge in [-0.3, -0.25) is 4.79 Å². The van der Waals surface area contributed by atoms with Gasteiger partial charge in [0.25, 0.3) is 0 Å². The first-order valence-corrected chi connectivity index (χ1v) is 11.7. The number of fused-ring (bicyclic) bond motifs is 4. The first kappa shape index (κ1) is 22.4. The van der Waals surface area contributed by atoms with E-state index in [-0.39, 0.29) is 36.3 Å². The highest BCUT2D eigenvalue weighted by Gasteiger charge is 2.50. The number of hydrogen-bond donors (Lipinski definition) is 4. The molecule has 5 atom stereocenters. The van der Waals surface area contributed by atoms with Gasteiger partial charge < -0.3 is 25.6 Å². The summed E-state index contributed by atoms with van der Waals surface area (Å²) in [4.78, 5) is 36.1. The van der Waals surface area contributed by atoms with E-state index in [0.717, 1.165) is 17.5 Å². The summed E-state index contributed by atoms with van der Waals surface area (Å²) < 4.78 is 5.64. The van der Waals surface area contributed by atoms with E-state index in [1.165, 1.54) is 11.1 Å². The zero-order valence-electron chi connectivity index (χ0n) is 18.6. The number of carboxylic acid groups (broad SMARTS) is 1. The van der Waals surface area contributed by atoms with Gasteiger partial charge in [-0.15, -0.1) is 0 Å². The number of aliphatic hydroxyl groups excluding tert-OH is 1. The number of benzene rings is 2. The largest absolute Gasteiger partial charge is 0.480 e. The molecule has 8 nitrogen and oxygen atoms in total. The average Bonchev–Trinajstić information content (AvgIpc) is 3.34. The molecular weight excluding hydrogens is 436 g/mol. The van der Waals surface area contributed by atoms with Gasteiger partial charge in [0.15, 0.2) is 0 Å². The van der Waals surface area contributed by atoms with Gasteiger partial charge in [0.05, 0.1) is 6.61 Å². The summed E-state index contributed by atoms with van der Waals surface area (Å²) in [5.41, 5.74) is 4.67. The summed E-state index contributed by atoms with van der Waals surface area (Å²) in [6.07, 6.45) is 1.57. The molecule has 1 unspecified atom stereocenters. The molecule has 34 heavy (non-hydrogen) atoms. The Morgan fingerprint density at radius 1 is 0.971 bits per heavy atom. The summed E-state index contributed by atoms with van der Waals surface area (Å²) in [5.74, 6) is -1.42. The lowest BCUT2D eigenvalue weighted by Crippen LogP contribution is -2.50. The number of carbonyl (C=O) groups is 3. The predicted octanol–water partition coefficient (Wildman–Crippen LogP) is 2.50. The summed E-state index contributed by atoms with van der Waals surface area (Å²) in [6, 6.07) is 15.0. The van der Waals surface area contributed by atoms with Crippen LogP contribution in [0.4, 0.5) is 4.79 Å². The van der Waals surface area contributed by atoms with Gasteiger partial charge in [0, 0.05) is 17.9 Å². The predicted molar refractivity (Wildman–Crippen MR) is 123 cm³/mol. The topological polar surface area (TPSA) is 125 Å². The van der Waals surface area contributed by atoms with Crippen molar-refractivity contribution in [2.24, 2.45) is 17.8 Å². The molecule has 8 heteroatoms. The summed E-state index contributed by atoms with van der Waals surface area (Å²) in [6.45, 7) is -0.393. The van der Waals surface area contributed by atoms with Crippen molar-refractivity contribution in [1.82, 2.24) is 10.6 Å². The highest BCUT2D eigenvalue weighted by molar-refractivity contribution is 5.85. The van der Waals surface area contributed by atoms with Crippen LogP contribution in [0, 0.1) is 17.8 Å². The van der Waals surface area contributed by atoms with E-state index in [1.807, 2.05) is 24.3 Å². The standard InChI is InChI=1S/C26H28N2O6/c29-12-23(25(31)32)27-24(30)15-9-14-11-22(20(14)10-15)28-26(33)34-13-21-18-7-3-1-5-16(18)17-6-2-4-8-19(17)21/h1-8,14-15,20-23,29H,9-13H2,(H,27,30)(H,28,33)(H,31,32)/t14-,15?,20-,22+,23+/m1/s1. The minimum absolute atomic E-state index is 0.000511. The maximum atomic E-state index is 12.6. The van der Waals surface area contributed by atoms with Crippen LogP contribution in [0.5, 0.6) is 0 Å². The molecule has 0 heterocycles. The fraction of sp³-hybridized carbons (Fsp3) is 0.423. The number of aliphatic carboxylic acids is 1. The van der Waals surface area contributed by atoms with E-state index in [9.17, 15) is 14.4 Å². The lowest BCUT2D eigenvalue weighted by Gasteiger charge is -2.40. The Labute approximate surface area is 197 Å². The zero-order chi connectivity index (χ0) is 23.8. The molecule has 3 aliphatic rings. The molecule has 2 fully saturated rings. The van der Waals surface area contributed by atoms with Crippen molar-refractivity contribution in [3.63, 3.8) is 0 Å². The van der Waals surface area contributed by atoms with Gasteiger partial charge in [-0.1, -0.05) is 48.5 Å². The number of aliphatic hydroxyl groups is 1. The Hall–Kier alpha value is -3.39. The molecule has 0 saturated heterocycles. The van der Waals surface area contributed by atoms with Crippen LogP contribution in [-0.4, -0.2) is 53.5 Å². The van der Waals surface area contributed by atoms with Gasteiger partial charge >= 0.3 is 12.1 Å². The van der Waals surface area contributed by atoms with Crippen LogP contribution in [0.1, 0.15) is 36.3 Å². The number of carboxylic acids is 1. The molecule has 2 aromatic rings. The Bertz CT molecular complexity index is 1070. The number of carbonyl (C=O) groups excluding carboxylic acids is 2. The first-order valence-electron chi connectivity index (χ1n) is 11.7. The Morgan fingerprint density at radius 2 is 1.62 bits per heavy atom. The Morgan fingerprint density at radius 3 is 2.24 bits per heavy atom. The van der Waals surface area contributed by atoms with Crippen LogP contribution >= 0.6 is 0 Å². The van der Waals surface area contributed by atoms with Crippen LogP contribution in [0.2, 0.25) is 0 Å². The van der Waals surface area contributed by atoms with Gasteiger partial charge in [0.2, 0.25) is 5.91 Å². The maximum absolute atomic E-state index is 12.6. The molecule has 0 aliphatic heterocycles. The van der Waals surface area contributed by atoms with E-state index in [1.54, 1.807) is 0 Å². The van der Waals surface area contributed by atoms with E-state index < -0.39 is 24.7 Å². The fourth-order valence-corrected chi connectivity index (χ4v) is 5.87. The Balaban J connectivity index is 1.14. The van der Waals surface area contributed by atoms with Crippen LogP contribution < -0.4 is 10.6 Å². The van der Waals surface area contributed by atoms with Gasteiger partial charge in [0.1, 0.15) is 12.6 Å². The van der Waals surface area contributed by atoms with E-state index in [2.05, 4.69) is 34.9 Å². The third kappa shape index (κ3) is 4.03. The lowest BCUT2D eigenvalue weighted by atomic mass is 9.71. The van der Waals surface area contributed by atoms with Gasteiger partial charge in [-0.2, -0.15) is 0 Å². The van der Waals surface area contributed by atoms with Gasteiger partial charge in [-0.25, -0.2) is 9.59 Å². The van der Waals surface area contributed by atoms with Gasteiger partial charge in [-0.05, 0) is 53.4 Å². The number of nitrogens with one attached hydrogen (secondary N) is 2. The normalized spacial score (nSPS) is 25.3. The van der Waals surface area contributed by atoms with Crippen molar-refractivity contribution in [3.8, 4) is 11.1 Å². The van der Waals surface area contributed by atoms with Crippen molar-refractivity contribution in [2.45, 2.75) is 37.3 Å². The van der Waals surface area contributed by atoms with Crippen LogP contribution in [0.3, 0.4) is 0 Å². The molecule has 2 aromatic carbocycles. The molecule has 4 N–H and O–H groups in total. The molecular formula is C26H28N2O6. The summed E-state index contributed by atoms with van der Waals surface area (Å²) in [5, 5.41) is 23.5. The molecule has 0 bridgehead atoms. The fourth-order valence-electron chi connectivity index (χ4n) is 5.87. The SMILES string of the molecule is O=C(N[C@H]1C[C@H]2CC(C(=O)N[C@@H](CO)C(=O)O)C[C@H]21)OCC1c2ccccc2-c2ccccc21. The molecule has 5 rings (SSSR count). The average molecular weight is 465 g/mol. The third-order valence-corrected chi connectivity index (χ3v) is 7.64. The van der Waals surface area contributed by atoms with Crippen molar-refractivity contribution >= 4 is 18.0 Å². The van der Waals surface area contributed by atoms with Crippen molar-refractivity contribution in [2.75, 3.05) is 13.2 Å². The Kier molecular flexibility index (Phi) is 6.00. The highest BCUT2D eigenvalue weighted by atomic mass is 16.5. The van der Waals surface area contributed by atoms with Crippen molar-refractivity contribution in [3.05, 3.63) is 59.7 Å². The van der Waals surface area contributed by atoms with Crippen LogP contribution in [0.25, 0.3) is 11.1 Å². The molecule has 3 aliphatic carbocycles. The van der Waals surface area contributed by atoms with Crippen molar-refractivity contribution in [1.29, 1.82) is 0 Å². The second kappa shape index (κ2) is 9.10. The summed E-state index contributed by atoms with van der Waals surface area (Å²) >= 11 is 0. The van der Waals surface area contributed by atoms with E-state index in [0.29, 0.717) is 18.8 Å². The van der Waals surface area contributed by atoms with E-state index >= 15 is 0 Å². The first-order chi connectivity index (χ1) is 16.5. The number of hydrogen-bond acceptors (Lipinski definition) is 5. The lowest BCUT2D eigenvalue weighted by molar-refractivity contribution is -0.143. The molecule has 0 radical (unpaired) electrons. The quantitative estimate of drug-likeness (QED) is 0.499. The second-order valence-corrected chi connectivity index (χ2v) is 9.49. The zero-order valence-corrected chi connectivity index (χ0v) is 18.6. The number of ether oxygens (including phenoxy) is 1. The van der Waals surface area contributed by atoms with Crippen LogP contribution in [-0.2, 0) is 14.3 Å². The molecule has 0 aromatic heterocycles. The second-order valence-electron chi connectivity index (χ2n) is 9.49. The molecule has 178 valence electrons. The smallest absolute Gasteiger partial charge is 0.407 e. The minimum atomic E-state index is -1.29. The van der Waals surface area contributed by atoms with Crippen molar-refractivity contribution < 1.29 is 29.3 Å². The van der Waals surface area contributed by atoms with Crippen LogP contribution in [0.15, 0.2) is 48.5 Å². The monoisotopic (exact) mass is 464 g/mol. The maximum Gasteiger partial charge on any atom is 0.407 e. The van der Waals surface area contributed by atoms with E-state index in [4.69, 9.17) is 14.9 Å². The number of amides is 2. The third-order valence-electron chi connectivity index (χ3n) is 7.64. The summed E-state index contributed by atoms with van der Waals surface area (Å²) in [7, 11) is 0. The number of alkyl carbamates (subject to hydrolysis) is 1. The molecule has 0 spiro atoms. The minimum Gasteiger partial charge on any atom is -0.480 e. The number of rotatable bonds is 7. The molecule has 2 amide bonds. The highest BCUT2D eigenvalue weighted by Crippen LogP contribution is 2.50. The molecule has 2 saturated carbocycles.